The molecule has 0 fully saturated rings. The van der Waals surface area contributed by atoms with Crippen molar-refractivity contribution in [3.8, 4) is 5.75 Å². The largest absolute Gasteiger partial charge is 0.505 e. The van der Waals surface area contributed by atoms with E-state index in [0.717, 1.165) is 6.07 Å². The summed E-state index contributed by atoms with van der Waals surface area (Å²) < 4.78 is 24.7. The van der Waals surface area contributed by atoms with E-state index in [9.17, 15) is 13.9 Å². The van der Waals surface area contributed by atoms with E-state index in [1.54, 1.807) is 0 Å². The first-order valence-corrected chi connectivity index (χ1v) is 4.30. The molecular formula is C8H8ClF2NO2. The molecule has 0 atom stereocenters. The maximum Gasteiger partial charge on any atom is 0.267 e. The summed E-state index contributed by atoms with van der Waals surface area (Å²) in [6.45, 7) is -0.468. The number of nitrogens with zero attached hydrogens (tertiary/aromatic N) is 1. The molecule has 1 aromatic heterocycles. The summed E-state index contributed by atoms with van der Waals surface area (Å²) in [5, 5.41) is 18.0. The van der Waals surface area contributed by atoms with Crippen molar-refractivity contribution >= 4 is 11.6 Å². The van der Waals surface area contributed by atoms with Crippen LogP contribution in [0.15, 0.2) is 6.07 Å². The van der Waals surface area contributed by atoms with Crippen LogP contribution in [0.4, 0.5) is 8.78 Å². The number of halogens is 3. The van der Waals surface area contributed by atoms with Crippen LogP contribution in [0.3, 0.4) is 0 Å². The van der Waals surface area contributed by atoms with Crippen LogP contribution in [-0.2, 0) is 12.5 Å². The molecule has 3 nitrogen and oxygen atoms in total. The van der Waals surface area contributed by atoms with Gasteiger partial charge in [-0.05, 0) is 6.07 Å². The molecule has 78 valence electrons. The van der Waals surface area contributed by atoms with Gasteiger partial charge in [0.2, 0.25) is 0 Å². The molecule has 0 unspecified atom stereocenters. The summed E-state index contributed by atoms with van der Waals surface area (Å²) in [6.07, 6.45) is -2.81. The Kier molecular flexibility index (Phi) is 3.60. The summed E-state index contributed by atoms with van der Waals surface area (Å²) in [6, 6.07) is 0.954. The van der Waals surface area contributed by atoms with Crippen LogP contribution < -0.4 is 0 Å². The van der Waals surface area contributed by atoms with E-state index in [1.807, 2.05) is 0 Å². The average molecular weight is 224 g/mol. The molecule has 0 aromatic carbocycles. The van der Waals surface area contributed by atoms with Gasteiger partial charge in [0.1, 0.15) is 5.75 Å². The molecule has 0 radical (unpaired) electrons. The lowest BCUT2D eigenvalue weighted by atomic mass is 10.2. The predicted molar refractivity (Wildman–Crippen MR) is 46.3 cm³/mol. The zero-order valence-corrected chi connectivity index (χ0v) is 7.80. The van der Waals surface area contributed by atoms with Crippen molar-refractivity contribution in [3.05, 3.63) is 23.0 Å². The van der Waals surface area contributed by atoms with Gasteiger partial charge in [-0.15, -0.1) is 11.6 Å². The number of aliphatic hydroxyl groups is 1. The van der Waals surface area contributed by atoms with Crippen molar-refractivity contribution in [1.82, 2.24) is 4.98 Å². The number of aromatic hydroxyl groups is 1. The number of hydrogen-bond donors (Lipinski definition) is 2. The van der Waals surface area contributed by atoms with E-state index in [0.29, 0.717) is 0 Å². The minimum absolute atomic E-state index is 0.0477. The van der Waals surface area contributed by atoms with Crippen molar-refractivity contribution < 1.29 is 19.0 Å². The minimum atomic E-state index is -2.81. The zero-order chi connectivity index (χ0) is 10.7. The molecule has 0 aliphatic heterocycles. The minimum Gasteiger partial charge on any atom is -0.505 e. The molecule has 14 heavy (non-hydrogen) atoms. The SMILES string of the molecule is OCc1cc(C(F)F)c(O)c(CCl)n1. The molecule has 0 bridgehead atoms. The molecule has 0 spiro atoms. The van der Waals surface area contributed by atoms with Gasteiger partial charge in [-0.2, -0.15) is 0 Å². The van der Waals surface area contributed by atoms with E-state index in [4.69, 9.17) is 16.7 Å². The van der Waals surface area contributed by atoms with Gasteiger partial charge in [-0.3, -0.25) is 4.98 Å². The van der Waals surface area contributed by atoms with Gasteiger partial charge in [0.25, 0.3) is 6.43 Å². The second-order valence-electron chi connectivity index (χ2n) is 2.59. The monoisotopic (exact) mass is 223 g/mol. The van der Waals surface area contributed by atoms with Crippen LogP contribution >= 0.6 is 11.6 Å². The third-order valence-corrected chi connectivity index (χ3v) is 1.92. The Morgan fingerprint density at radius 2 is 2.14 bits per heavy atom. The van der Waals surface area contributed by atoms with E-state index >= 15 is 0 Å². The van der Waals surface area contributed by atoms with Crippen molar-refractivity contribution in [2.24, 2.45) is 0 Å². The Labute approximate surface area is 84.0 Å². The standard InChI is InChI=1S/C8H8ClF2NO2/c9-2-6-7(14)5(8(10)11)1-4(3-13)12-6/h1,8,13-14H,2-3H2. The van der Waals surface area contributed by atoms with Crippen LogP contribution in [0.2, 0.25) is 0 Å². The Morgan fingerprint density at radius 1 is 1.50 bits per heavy atom. The van der Waals surface area contributed by atoms with E-state index < -0.39 is 24.3 Å². The summed E-state index contributed by atoms with van der Waals surface area (Å²) in [7, 11) is 0. The molecule has 2 N–H and O–H groups in total. The normalized spacial score (nSPS) is 10.9. The summed E-state index contributed by atoms with van der Waals surface area (Å²) >= 11 is 5.39. The van der Waals surface area contributed by atoms with Gasteiger partial charge in [0.05, 0.1) is 29.4 Å². The number of pyridine rings is 1. The molecule has 0 aliphatic rings. The first-order chi connectivity index (χ1) is 6.60. The smallest absolute Gasteiger partial charge is 0.267 e. The summed E-state index contributed by atoms with van der Waals surface area (Å²) in [5.41, 5.74) is -0.540. The summed E-state index contributed by atoms with van der Waals surface area (Å²) in [5.74, 6) is -0.786. The van der Waals surface area contributed by atoms with Crippen LogP contribution in [-0.4, -0.2) is 15.2 Å². The number of aliphatic hydroxyl groups excluding tert-OH is 1. The highest BCUT2D eigenvalue weighted by atomic mass is 35.5. The van der Waals surface area contributed by atoms with E-state index in [1.165, 1.54) is 0 Å². The highest BCUT2D eigenvalue weighted by Gasteiger charge is 2.17. The first-order valence-electron chi connectivity index (χ1n) is 3.76. The van der Waals surface area contributed by atoms with Crippen molar-refractivity contribution in [1.29, 1.82) is 0 Å². The molecular weight excluding hydrogens is 216 g/mol. The second-order valence-corrected chi connectivity index (χ2v) is 2.86. The zero-order valence-electron chi connectivity index (χ0n) is 7.04. The average Bonchev–Trinajstić information content (AvgIpc) is 2.17. The fourth-order valence-corrected chi connectivity index (χ4v) is 1.20. The topological polar surface area (TPSA) is 53.4 Å². The predicted octanol–water partition coefficient (Wildman–Crippen LogP) is 1.96. The molecule has 0 aliphatic carbocycles. The van der Waals surface area contributed by atoms with E-state index in [2.05, 4.69) is 4.98 Å². The fourth-order valence-electron chi connectivity index (χ4n) is 1.01. The molecule has 0 amide bonds. The maximum atomic E-state index is 12.3. The number of aromatic nitrogens is 1. The molecule has 0 saturated heterocycles. The number of hydrogen-bond acceptors (Lipinski definition) is 3. The van der Waals surface area contributed by atoms with Crippen LogP contribution in [0.1, 0.15) is 23.4 Å². The van der Waals surface area contributed by atoms with Crippen LogP contribution in [0.25, 0.3) is 0 Å². The summed E-state index contributed by atoms with van der Waals surface area (Å²) in [4.78, 5) is 3.69. The molecule has 1 aromatic rings. The highest BCUT2D eigenvalue weighted by molar-refractivity contribution is 6.17. The third-order valence-electron chi connectivity index (χ3n) is 1.67. The van der Waals surface area contributed by atoms with Gasteiger partial charge >= 0.3 is 0 Å². The van der Waals surface area contributed by atoms with Gasteiger partial charge in [0.15, 0.2) is 0 Å². The Hall–Kier alpha value is -0.940. The molecule has 1 heterocycles. The Morgan fingerprint density at radius 3 is 2.57 bits per heavy atom. The first kappa shape index (κ1) is 11.1. The highest BCUT2D eigenvalue weighted by Crippen LogP contribution is 2.31. The Bertz CT molecular complexity index is 333. The maximum absolute atomic E-state index is 12.3. The van der Waals surface area contributed by atoms with Gasteiger partial charge < -0.3 is 10.2 Å². The fraction of sp³-hybridized carbons (Fsp3) is 0.375. The second kappa shape index (κ2) is 4.52. The molecule has 1 rings (SSSR count). The lowest BCUT2D eigenvalue weighted by molar-refractivity contribution is 0.146. The Balaban J connectivity index is 3.27. The van der Waals surface area contributed by atoms with Crippen LogP contribution in [0.5, 0.6) is 5.75 Å². The van der Waals surface area contributed by atoms with Gasteiger partial charge in [-0.25, -0.2) is 8.78 Å². The van der Waals surface area contributed by atoms with Crippen LogP contribution in [0, 0.1) is 0 Å². The molecule has 0 saturated carbocycles. The lowest BCUT2D eigenvalue weighted by Crippen LogP contribution is -1.99. The lowest BCUT2D eigenvalue weighted by Gasteiger charge is -2.08. The van der Waals surface area contributed by atoms with Crippen molar-refractivity contribution in [2.45, 2.75) is 18.9 Å². The van der Waals surface area contributed by atoms with Crippen molar-refractivity contribution in [3.63, 3.8) is 0 Å². The van der Waals surface area contributed by atoms with Crippen molar-refractivity contribution in [2.75, 3.05) is 0 Å². The third kappa shape index (κ3) is 2.10. The van der Waals surface area contributed by atoms with Gasteiger partial charge in [-0.1, -0.05) is 0 Å². The quantitative estimate of drug-likeness (QED) is 0.771. The van der Waals surface area contributed by atoms with Gasteiger partial charge in [0, 0.05) is 0 Å². The molecule has 6 heteroatoms. The number of rotatable bonds is 3. The van der Waals surface area contributed by atoms with E-state index in [-0.39, 0.29) is 17.3 Å². The number of alkyl halides is 3.